The third-order valence-corrected chi connectivity index (χ3v) is 14.9. The predicted octanol–water partition coefficient (Wildman–Crippen LogP) is 6.48. The summed E-state index contributed by atoms with van der Waals surface area (Å²) in [5, 5.41) is 33.1. The van der Waals surface area contributed by atoms with Crippen molar-refractivity contribution in [2.45, 2.75) is 133 Å². The molecule has 5 aromatic carbocycles. The van der Waals surface area contributed by atoms with E-state index in [1.807, 2.05) is 0 Å². The van der Waals surface area contributed by atoms with E-state index in [1.165, 1.54) is 24.0 Å². The predicted molar refractivity (Wildman–Crippen MR) is 325 cm³/mol. The number of aliphatic carboxylic acids is 1. The van der Waals surface area contributed by atoms with Crippen LogP contribution in [0.5, 0.6) is 5.75 Å². The van der Waals surface area contributed by atoms with Gasteiger partial charge in [0.1, 0.15) is 48.6 Å². The van der Waals surface area contributed by atoms with Gasteiger partial charge < -0.3 is 62.5 Å². The molecule has 0 spiro atoms. The highest BCUT2D eigenvalue weighted by Gasteiger charge is 2.42. The van der Waals surface area contributed by atoms with Crippen LogP contribution in [0.3, 0.4) is 0 Å². The molecule has 0 unspecified atom stereocenters. The SMILES string of the molecule is CC(C)C[C@H](NC(=O)[C@@H]1CCCN1C(=O)[C@@H](Cc1ccccc1)NC(=O)[C@H](Cc1ccccc1)NC(=O)CNC(=O)[C@@H](C)NC(=O)[C@@H](N)Cc1ccc(O)cc1)C(=O)N[C@@H](Cc1c[nH]c2ccccc12)C(=O)OCc1cc(C(F)(F)F)cc(C(F)(F)F)c1.O=C(O)C(F)(F)F. The number of hydrogen-bond donors (Lipinski definition) is 10. The first-order chi connectivity index (χ1) is 44.7. The molecule has 0 bridgehead atoms. The van der Waals surface area contributed by atoms with Gasteiger partial charge in [0.15, 0.2) is 0 Å². The Hall–Kier alpha value is -10.0. The number of amides is 7. The fraction of sp³-hybridized carbons (Fsp3) is 0.369. The number of likely N-dealkylation sites (tertiary alicyclic amines) is 1. The molecule has 7 atom stereocenters. The van der Waals surface area contributed by atoms with Crippen molar-refractivity contribution >= 4 is 64.2 Å². The number of carbonyl (C=O) groups excluding carboxylic acids is 8. The molecular weight excluding hydrogens is 1270 g/mol. The van der Waals surface area contributed by atoms with Gasteiger partial charge in [-0.3, -0.25) is 33.6 Å². The van der Waals surface area contributed by atoms with E-state index in [-0.39, 0.29) is 62.8 Å². The number of carboxylic acids is 1. The van der Waals surface area contributed by atoms with Gasteiger partial charge in [-0.25, -0.2) is 9.59 Å². The van der Waals surface area contributed by atoms with Crippen LogP contribution in [-0.2, 0) is 92.5 Å². The van der Waals surface area contributed by atoms with Gasteiger partial charge in [0.05, 0.1) is 23.7 Å². The highest BCUT2D eigenvalue weighted by atomic mass is 19.4. The summed E-state index contributed by atoms with van der Waals surface area (Å²) in [6.45, 7) is 3.27. The number of halogens is 9. The summed E-state index contributed by atoms with van der Waals surface area (Å²) >= 11 is 0. The zero-order valence-corrected chi connectivity index (χ0v) is 51.3. The average Bonchev–Trinajstić information content (AvgIpc) is 1.60. The molecule has 0 radical (unpaired) electrons. The third-order valence-electron chi connectivity index (χ3n) is 14.9. The Kier molecular flexibility index (Phi) is 25.9. The van der Waals surface area contributed by atoms with Crippen LogP contribution in [0.25, 0.3) is 10.9 Å². The van der Waals surface area contributed by atoms with E-state index in [9.17, 15) is 83.0 Å². The standard InChI is InChI=1S/C63H69F6N9O10.C2HF3O2/c1-36(2)25-49(57(83)77-52(31-42-33-71-48-18-11-10-17-46(42)48)61(87)88-35-41-26-43(62(64,65)66)32-44(27-41)63(67,68)69)75-59(85)53-19-12-24-78(53)60(86)51(30-39-15-8-5-9-16-39)76-58(84)50(29-38-13-6-4-7-14-38)74-54(80)34-72-55(81)37(3)73-56(82)47(70)28-40-20-22-45(79)23-21-40;3-2(4,5)1(6)7/h4-11,13-18,20-23,26-27,32-33,36-37,47,49-53,71,79H,12,19,24-25,28-31,34-35,70H2,1-3H3,(H,72,81)(H,73,82)(H,74,80)(H,75,85)(H,76,84)(H,77,83);(H,6,7)/t37-,47+,49+,50+,51-,52+,53+;/m1./s1. The van der Waals surface area contributed by atoms with Gasteiger partial charge in [0, 0.05) is 42.9 Å². The number of para-hydroxylation sites is 1. The Morgan fingerprint density at radius 2 is 1.15 bits per heavy atom. The second-order valence-electron chi connectivity index (χ2n) is 22.8. The van der Waals surface area contributed by atoms with Crippen molar-refractivity contribution in [3.05, 3.63) is 173 Å². The summed E-state index contributed by atoms with van der Waals surface area (Å²) in [6, 6.07) is 22.0. The van der Waals surface area contributed by atoms with Crippen LogP contribution in [0.4, 0.5) is 39.5 Å². The van der Waals surface area contributed by atoms with E-state index in [0.717, 1.165) is 0 Å². The van der Waals surface area contributed by atoms with Gasteiger partial charge in [-0.05, 0) is 103 Å². The second-order valence-corrected chi connectivity index (χ2v) is 22.8. The number of carbonyl (C=O) groups is 9. The van der Waals surface area contributed by atoms with Crippen molar-refractivity contribution in [3.8, 4) is 5.75 Å². The maximum Gasteiger partial charge on any atom is 0.490 e. The minimum absolute atomic E-state index is 0.0181. The number of carboxylic acid groups (broad SMARTS) is 1. The lowest BCUT2D eigenvalue weighted by Crippen LogP contribution is -2.59. The van der Waals surface area contributed by atoms with E-state index < -0.39 is 144 Å². The molecule has 30 heteroatoms. The van der Waals surface area contributed by atoms with Crippen LogP contribution >= 0.6 is 0 Å². The zero-order chi connectivity index (χ0) is 70.0. The number of H-pyrrole nitrogens is 1. The van der Waals surface area contributed by atoms with Gasteiger partial charge in [-0.15, -0.1) is 0 Å². The fourth-order valence-electron chi connectivity index (χ4n) is 10.1. The average molecular weight is 1340 g/mol. The molecule has 0 saturated carbocycles. The minimum Gasteiger partial charge on any atom is -0.508 e. The smallest absolute Gasteiger partial charge is 0.490 e. The van der Waals surface area contributed by atoms with E-state index >= 15 is 0 Å². The van der Waals surface area contributed by atoms with Gasteiger partial charge in [0.2, 0.25) is 41.4 Å². The zero-order valence-electron chi connectivity index (χ0n) is 51.3. The van der Waals surface area contributed by atoms with E-state index in [1.54, 1.807) is 117 Å². The largest absolute Gasteiger partial charge is 0.508 e. The molecule has 0 aliphatic carbocycles. The van der Waals surface area contributed by atoms with Crippen LogP contribution in [0.1, 0.15) is 79.0 Å². The quantitative estimate of drug-likeness (QED) is 0.0206. The van der Waals surface area contributed by atoms with Crippen molar-refractivity contribution in [1.29, 1.82) is 0 Å². The number of hydrogen-bond acceptors (Lipinski definition) is 12. The van der Waals surface area contributed by atoms with Crippen molar-refractivity contribution in [1.82, 2.24) is 41.8 Å². The first-order valence-electron chi connectivity index (χ1n) is 29.7. The van der Waals surface area contributed by atoms with Crippen LogP contribution < -0.4 is 37.6 Å². The van der Waals surface area contributed by atoms with Gasteiger partial charge in [0.25, 0.3) is 0 Å². The summed E-state index contributed by atoms with van der Waals surface area (Å²) in [7, 11) is 0. The maximum atomic E-state index is 14.9. The topological polar surface area (TPSA) is 321 Å². The minimum atomic E-state index is -5.18. The normalized spacial score (nSPS) is 15.1. The lowest BCUT2D eigenvalue weighted by Gasteiger charge is -2.31. The summed E-state index contributed by atoms with van der Waals surface area (Å²) in [5.41, 5.74) is 5.22. The van der Waals surface area contributed by atoms with Crippen molar-refractivity contribution < 1.29 is 97.6 Å². The molecule has 7 amide bonds. The number of fused-ring (bicyclic) bond motifs is 1. The maximum absolute atomic E-state index is 14.9. The number of phenolic OH excluding ortho intramolecular Hbond substituents is 1. The number of phenols is 1. The van der Waals surface area contributed by atoms with Crippen LogP contribution in [0.2, 0.25) is 0 Å². The van der Waals surface area contributed by atoms with Crippen LogP contribution in [-0.4, -0.2) is 135 Å². The molecular formula is C65H70F9N9O12. The van der Waals surface area contributed by atoms with Crippen LogP contribution in [0, 0.1) is 5.92 Å². The Balaban J connectivity index is 0.00000193. The molecule has 510 valence electrons. The number of ether oxygens (including phenoxy) is 1. The number of aromatic amines is 1. The summed E-state index contributed by atoms with van der Waals surface area (Å²) in [6.07, 6.45) is -13.8. The monoisotopic (exact) mass is 1340 g/mol. The van der Waals surface area contributed by atoms with Crippen molar-refractivity contribution in [2.75, 3.05) is 13.1 Å². The molecule has 21 nitrogen and oxygen atoms in total. The van der Waals surface area contributed by atoms with Gasteiger partial charge in [-0.2, -0.15) is 39.5 Å². The first kappa shape index (κ1) is 74.0. The van der Waals surface area contributed by atoms with Crippen molar-refractivity contribution in [3.63, 3.8) is 0 Å². The number of nitrogens with one attached hydrogen (secondary N) is 7. The molecule has 6 aromatic rings. The Morgan fingerprint density at radius 3 is 1.72 bits per heavy atom. The number of rotatable bonds is 26. The highest BCUT2D eigenvalue weighted by Crippen LogP contribution is 2.37. The second kappa shape index (κ2) is 33.2. The number of benzene rings is 5. The summed E-state index contributed by atoms with van der Waals surface area (Å²) in [5.74, 6) is -9.55. The van der Waals surface area contributed by atoms with E-state index in [0.29, 0.717) is 51.7 Å². The molecule has 7 rings (SSSR count). The molecule has 11 N–H and O–H groups in total. The molecule has 2 heterocycles. The molecule has 1 saturated heterocycles. The van der Waals surface area contributed by atoms with E-state index in [4.69, 9.17) is 20.4 Å². The Morgan fingerprint density at radius 1 is 0.611 bits per heavy atom. The molecule has 1 aromatic heterocycles. The lowest BCUT2D eigenvalue weighted by atomic mass is 10.00. The molecule has 1 aliphatic rings. The highest BCUT2D eigenvalue weighted by molar-refractivity contribution is 5.98. The van der Waals surface area contributed by atoms with E-state index in [2.05, 4.69) is 36.9 Å². The first-order valence-corrected chi connectivity index (χ1v) is 29.7. The van der Waals surface area contributed by atoms with Gasteiger partial charge in [-0.1, -0.05) is 105 Å². The number of aromatic hydroxyl groups is 1. The Labute approximate surface area is 538 Å². The van der Waals surface area contributed by atoms with Crippen molar-refractivity contribution in [2.24, 2.45) is 11.7 Å². The molecule has 1 fully saturated rings. The Bertz CT molecular complexity index is 3620. The number of aromatic nitrogens is 1. The number of esters is 1. The van der Waals surface area contributed by atoms with Crippen LogP contribution in [0.15, 0.2) is 134 Å². The summed E-state index contributed by atoms with van der Waals surface area (Å²) < 4.78 is 120. The number of alkyl halides is 9. The molecule has 95 heavy (non-hydrogen) atoms. The molecule has 1 aliphatic heterocycles. The fourth-order valence-corrected chi connectivity index (χ4v) is 10.1. The van der Waals surface area contributed by atoms with Gasteiger partial charge >= 0.3 is 30.5 Å². The summed E-state index contributed by atoms with van der Waals surface area (Å²) in [4.78, 5) is 125. The lowest BCUT2D eigenvalue weighted by molar-refractivity contribution is -0.192. The number of nitrogens with two attached hydrogens (primary N) is 1. The third kappa shape index (κ3) is 22.6. The number of nitrogens with zero attached hydrogens (tertiary/aromatic N) is 1.